The summed E-state index contributed by atoms with van der Waals surface area (Å²) in [4.78, 5) is 15.2. The molecule has 0 heterocycles. The molecule has 4 heteroatoms. The second-order valence-corrected chi connectivity index (χ2v) is 4.20. The van der Waals surface area contributed by atoms with Crippen LogP contribution in [-0.4, -0.2) is 60.1 Å². The van der Waals surface area contributed by atoms with E-state index >= 15 is 0 Å². The number of rotatable bonds is 7. The Morgan fingerprint density at radius 2 is 1.87 bits per heavy atom. The molecular formula is C11H24N2O2. The predicted molar refractivity (Wildman–Crippen MR) is 62.1 cm³/mol. The van der Waals surface area contributed by atoms with Crippen LogP contribution in [0.4, 0.5) is 0 Å². The van der Waals surface area contributed by atoms with Crippen LogP contribution in [0, 0.1) is 0 Å². The third kappa shape index (κ3) is 4.62. The molecule has 4 nitrogen and oxygen atoms in total. The molecule has 0 aliphatic carbocycles. The van der Waals surface area contributed by atoms with Gasteiger partial charge in [0.15, 0.2) is 0 Å². The van der Waals surface area contributed by atoms with E-state index in [4.69, 9.17) is 5.11 Å². The molecular weight excluding hydrogens is 192 g/mol. The van der Waals surface area contributed by atoms with Crippen molar-refractivity contribution >= 4 is 5.97 Å². The van der Waals surface area contributed by atoms with Crippen LogP contribution in [0.15, 0.2) is 0 Å². The van der Waals surface area contributed by atoms with Crippen molar-refractivity contribution in [1.29, 1.82) is 0 Å². The highest BCUT2D eigenvalue weighted by Crippen LogP contribution is 2.10. The van der Waals surface area contributed by atoms with Crippen molar-refractivity contribution in [2.24, 2.45) is 0 Å². The summed E-state index contributed by atoms with van der Waals surface area (Å²) in [5.74, 6) is -0.718. The van der Waals surface area contributed by atoms with E-state index in [1.165, 1.54) is 0 Å². The fraction of sp³-hybridized carbons (Fsp3) is 0.909. The van der Waals surface area contributed by atoms with Crippen LogP contribution < -0.4 is 0 Å². The number of nitrogens with zero attached hydrogens (tertiary/aromatic N) is 2. The minimum absolute atomic E-state index is 0.269. The lowest BCUT2D eigenvalue weighted by atomic mass is 10.1. The van der Waals surface area contributed by atoms with E-state index in [-0.39, 0.29) is 12.1 Å². The van der Waals surface area contributed by atoms with Gasteiger partial charge in [0.1, 0.15) is 6.04 Å². The van der Waals surface area contributed by atoms with Gasteiger partial charge in [0, 0.05) is 12.6 Å². The molecule has 90 valence electrons. The second kappa shape index (κ2) is 6.80. The van der Waals surface area contributed by atoms with Gasteiger partial charge in [-0.1, -0.05) is 13.8 Å². The van der Waals surface area contributed by atoms with E-state index in [0.717, 1.165) is 13.1 Å². The van der Waals surface area contributed by atoms with E-state index in [1.54, 1.807) is 0 Å². The van der Waals surface area contributed by atoms with Crippen LogP contribution in [-0.2, 0) is 4.79 Å². The zero-order chi connectivity index (χ0) is 12.0. The highest BCUT2D eigenvalue weighted by molar-refractivity contribution is 5.73. The van der Waals surface area contributed by atoms with Gasteiger partial charge in [-0.2, -0.15) is 0 Å². The largest absolute Gasteiger partial charge is 0.480 e. The molecule has 0 saturated heterocycles. The Labute approximate surface area is 92.9 Å². The van der Waals surface area contributed by atoms with Crippen molar-refractivity contribution in [2.75, 3.05) is 27.2 Å². The molecule has 2 atom stereocenters. The number of carbonyl (C=O) groups is 1. The maximum atomic E-state index is 11.1. The van der Waals surface area contributed by atoms with Crippen LogP contribution in [0.1, 0.15) is 27.2 Å². The molecule has 0 bridgehead atoms. The molecule has 0 aromatic heterocycles. The van der Waals surface area contributed by atoms with Crippen molar-refractivity contribution in [2.45, 2.75) is 39.3 Å². The van der Waals surface area contributed by atoms with E-state index in [1.807, 2.05) is 32.8 Å². The molecule has 15 heavy (non-hydrogen) atoms. The summed E-state index contributed by atoms with van der Waals surface area (Å²) in [5.41, 5.74) is 0. The summed E-state index contributed by atoms with van der Waals surface area (Å²) in [6.45, 7) is 7.67. The van der Waals surface area contributed by atoms with Crippen molar-refractivity contribution in [3.8, 4) is 0 Å². The molecule has 0 aromatic rings. The van der Waals surface area contributed by atoms with Gasteiger partial charge in [-0.05, 0) is 34.0 Å². The number of hydrogen-bond donors (Lipinski definition) is 1. The van der Waals surface area contributed by atoms with Gasteiger partial charge in [-0.15, -0.1) is 0 Å². The molecule has 0 aliphatic heterocycles. The van der Waals surface area contributed by atoms with Gasteiger partial charge >= 0.3 is 5.97 Å². The van der Waals surface area contributed by atoms with Crippen LogP contribution in [0.25, 0.3) is 0 Å². The number of hydrogen-bond acceptors (Lipinski definition) is 3. The summed E-state index contributed by atoms with van der Waals surface area (Å²) >= 11 is 0. The Morgan fingerprint density at radius 1 is 1.33 bits per heavy atom. The fourth-order valence-electron chi connectivity index (χ4n) is 2.02. The molecule has 0 saturated carbocycles. The first kappa shape index (κ1) is 14.4. The summed E-state index contributed by atoms with van der Waals surface area (Å²) < 4.78 is 0. The Kier molecular flexibility index (Phi) is 6.52. The molecule has 0 aromatic carbocycles. The standard InChI is InChI=1S/C11H24N2O2/c1-6-10(11(14)15)13(7-2)9(3)8-12(4)5/h9-10H,6-8H2,1-5H3,(H,14,15). The molecule has 2 unspecified atom stereocenters. The lowest BCUT2D eigenvalue weighted by Gasteiger charge is -2.34. The zero-order valence-corrected chi connectivity index (χ0v) is 10.5. The van der Waals surface area contributed by atoms with Gasteiger partial charge in [-0.3, -0.25) is 9.69 Å². The molecule has 0 rings (SSSR count). The Morgan fingerprint density at radius 3 is 2.13 bits per heavy atom. The van der Waals surface area contributed by atoms with E-state index in [9.17, 15) is 4.79 Å². The normalized spacial score (nSPS) is 15.7. The number of carboxylic acids is 1. The van der Waals surface area contributed by atoms with E-state index in [2.05, 4.69) is 11.8 Å². The maximum absolute atomic E-state index is 11.1. The average Bonchev–Trinajstić information content (AvgIpc) is 2.11. The van der Waals surface area contributed by atoms with E-state index < -0.39 is 5.97 Å². The molecule has 0 spiro atoms. The minimum atomic E-state index is -0.718. The Hall–Kier alpha value is -0.610. The molecule has 0 fully saturated rings. The van der Waals surface area contributed by atoms with Crippen LogP contribution >= 0.6 is 0 Å². The van der Waals surface area contributed by atoms with Crippen LogP contribution in [0.5, 0.6) is 0 Å². The summed E-state index contributed by atoms with van der Waals surface area (Å²) in [5, 5.41) is 9.10. The summed E-state index contributed by atoms with van der Waals surface area (Å²) in [6.07, 6.45) is 0.654. The smallest absolute Gasteiger partial charge is 0.320 e. The zero-order valence-electron chi connectivity index (χ0n) is 10.5. The van der Waals surface area contributed by atoms with Gasteiger partial charge in [0.25, 0.3) is 0 Å². The van der Waals surface area contributed by atoms with Crippen LogP contribution in [0.3, 0.4) is 0 Å². The SMILES string of the molecule is CCC(C(=O)O)N(CC)C(C)CN(C)C. The first-order valence-corrected chi connectivity index (χ1v) is 5.57. The topological polar surface area (TPSA) is 43.8 Å². The first-order chi connectivity index (χ1) is 6.93. The number of aliphatic carboxylic acids is 1. The number of likely N-dealkylation sites (N-methyl/N-ethyl adjacent to an activating group) is 2. The van der Waals surface area contributed by atoms with Crippen molar-refractivity contribution in [1.82, 2.24) is 9.80 Å². The van der Waals surface area contributed by atoms with Gasteiger partial charge in [-0.25, -0.2) is 0 Å². The highest BCUT2D eigenvalue weighted by atomic mass is 16.4. The lowest BCUT2D eigenvalue weighted by Crippen LogP contribution is -2.49. The fourth-order valence-corrected chi connectivity index (χ4v) is 2.02. The molecule has 1 N–H and O–H groups in total. The van der Waals surface area contributed by atoms with Gasteiger partial charge < -0.3 is 10.0 Å². The third-order valence-electron chi connectivity index (χ3n) is 2.63. The summed E-state index contributed by atoms with van der Waals surface area (Å²) in [7, 11) is 4.01. The van der Waals surface area contributed by atoms with Crippen LogP contribution in [0.2, 0.25) is 0 Å². The second-order valence-electron chi connectivity index (χ2n) is 4.20. The minimum Gasteiger partial charge on any atom is -0.480 e. The van der Waals surface area contributed by atoms with Crippen molar-refractivity contribution in [3.05, 3.63) is 0 Å². The quantitative estimate of drug-likeness (QED) is 0.692. The maximum Gasteiger partial charge on any atom is 0.320 e. The molecule has 0 radical (unpaired) electrons. The molecule has 0 aliphatic rings. The van der Waals surface area contributed by atoms with Gasteiger partial charge in [0.05, 0.1) is 0 Å². The monoisotopic (exact) mass is 216 g/mol. The molecule has 0 amide bonds. The lowest BCUT2D eigenvalue weighted by molar-refractivity contribution is -0.144. The Bertz CT molecular complexity index is 195. The predicted octanol–water partition coefficient (Wildman–Crippen LogP) is 1.12. The summed E-state index contributed by atoms with van der Waals surface area (Å²) in [6, 6.07) is -0.0870. The highest BCUT2D eigenvalue weighted by Gasteiger charge is 2.26. The van der Waals surface area contributed by atoms with Crippen molar-refractivity contribution < 1.29 is 9.90 Å². The number of carboxylic acid groups (broad SMARTS) is 1. The van der Waals surface area contributed by atoms with Crippen molar-refractivity contribution in [3.63, 3.8) is 0 Å². The van der Waals surface area contributed by atoms with E-state index in [0.29, 0.717) is 6.42 Å². The van der Waals surface area contributed by atoms with Gasteiger partial charge in [0.2, 0.25) is 0 Å². The third-order valence-corrected chi connectivity index (χ3v) is 2.63. The average molecular weight is 216 g/mol. The Balaban J connectivity index is 4.50. The first-order valence-electron chi connectivity index (χ1n) is 5.57.